The molecule has 1 saturated heterocycles. The largest absolute Gasteiger partial charge is 0.369 e. The Morgan fingerprint density at radius 3 is 2.24 bits per heavy atom. The minimum absolute atomic E-state index is 0.795. The van der Waals surface area contributed by atoms with Crippen molar-refractivity contribution in [2.75, 3.05) is 57.5 Å². The molecular formula is C20H29N5. The van der Waals surface area contributed by atoms with Gasteiger partial charge < -0.3 is 20.0 Å². The molecule has 3 rings (SSSR count). The van der Waals surface area contributed by atoms with Crippen molar-refractivity contribution < 1.29 is 0 Å². The van der Waals surface area contributed by atoms with E-state index in [0.717, 1.165) is 45.1 Å². The summed E-state index contributed by atoms with van der Waals surface area (Å²) in [4.78, 5) is 11.5. The van der Waals surface area contributed by atoms with Crippen molar-refractivity contribution in [3.63, 3.8) is 0 Å². The molecule has 5 heteroatoms. The molecule has 0 saturated carbocycles. The summed E-state index contributed by atoms with van der Waals surface area (Å²) in [6, 6.07) is 13.1. The van der Waals surface area contributed by atoms with Gasteiger partial charge >= 0.3 is 0 Å². The van der Waals surface area contributed by atoms with E-state index in [0.29, 0.717) is 0 Å². The van der Waals surface area contributed by atoms with Crippen LogP contribution in [0.1, 0.15) is 11.1 Å². The summed E-state index contributed by atoms with van der Waals surface area (Å²) in [5.41, 5.74) is 3.83. The maximum Gasteiger partial charge on any atom is 0.126 e. The van der Waals surface area contributed by atoms with Crippen LogP contribution in [0.25, 0.3) is 0 Å². The third-order valence-corrected chi connectivity index (χ3v) is 4.60. The van der Waals surface area contributed by atoms with Crippen LogP contribution in [0.3, 0.4) is 0 Å². The van der Waals surface area contributed by atoms with Crippen molar-refractivity contribution in [3.05, 3.63) is 53.7 Å². The first kappa shape index (κ1) is 17.7. The predicted octanol–water partition coefficient (Wildman–Crippen LogP) is 2.51. The number of aromatic nitrogens is 1. The molecule has 0 aliphatic carbocycles. The maximum atomic E-state index is 4.49. The summed E-state index contributed by atoms with van der Waals surface area (Å²) in [6.07, 6.45) is 1.94. The summed E-state index contributed by atoms with van der Waals surface area (Å²) < 4.78 is 0. The number of hydrogen-bond donors (Lipinski definition) is 1. The average Bonchev–Trinajstić information content (AvgIpc) is 2.62. The van der Waals surface area contributed by atoms with Gasteiger partial charge in [0, 0.05) is 51.2 Å². The van der Waals surface area contributed by atoms with E-state index >= 15 is 0 Å². The smallest absolute Gasteiger partial charge is 0.126 e. The Bertz CT molecular complexity index is 643. The van der Waals surface area contributed by atoms with Crippen LogP contribution >= 0.6 is 0 Å². The lowest BCUT2D eigenvalue weighted by atomic mass is 10.1. The van der Waals surface area contributed by atoms with Gasteiger partial charge in [0.05, 0.1) is 0 Å². The number of piperazine rings is 1. The molecule has 0 bridgehead atoms. The van der Waals surface area contributed by atoms with E-state index in [1.165, 1.54) is 16.8 Å². The van der Waals surface area contributed by atoms with Crippen LogP contribution in [0.5, 0.6) is 0 Å². The molecule has 0 spiro atoms. The van der Waals surface area contributed by atoms with Crippen LogP contribution in [0.4, 0.5) is 11.5 Å². The van der Waals surface area contributed by atoms with E-state index in [4.69, 9.17) is 0 Å². The summed E-state index contributed by atoms with van der Waals surface area (Å²) >= 11 is 0. The van der Waals surface area contributed by atoms with Crippen LogP contribution in [-0.4, -0.2) is 62.1 Å². The number of benzene rings is 1. The van der Waals surface area contributed by atoms with Crippen molar-refractivity contribution >= 4 is 11.5 Å². The van der Waals surface area contributed by atoms with Gasteiger partial charge in [-0.2, -0.15) is 0 Å². The molecule has 0 atom stereocenters. The Morgan fingerprint density at radius 1 is 0.960 bits per heavy atom. The number of pyridine rings is 1. The lowest BCUT2D eigenvalue weighted by Gasteiger charge is -2.34. The number of hydrogen-bond acceptors (Lipinski definition) is 5. The van der Waals surface area contributed by atoms with Crippen molar-refractivity contribution in [3.8, 4) is 0 Å². The van der Waals surface area contributed by atoms with E-state index < -0.39 is 0 Å². The average molecular weight is 339 g/mol. The van der Waals surface area contributed by atoms with Gasteiger partial charge in [0.2, 0.25) is 0 Å². The van der Waals surface area contributed by atoms with Crippen LogP contribution in [0, 0.1) is 0 Å². The van der Waals surface area contributed by atoms with Gasteiger partial charge in [0.25, 0.3) is 0 Å². The van der Waals surface area contributed by atoms with E-state index in [-0.39, 0.29) is 0 Å². The summed E-state index contributed by atoms with van der Waals surface area (Å²) in [6.45, 7) is 6.20. The zero-order chi connectivity index (χ0) is 17.6. The molecular weight excluding hydrogens is 310 g/mol. The molecule has 2 aromatic rings. The fourth-order valence-electron chi connectivity index (χ4n) is 3.07. The first-order valence-corrected chi connectivity index (χ1v) is 8.96. The van der Waals surface area contributed by atoms with Gasteiger partial charge in [-0.15, -0.1) is 0 Å². The van der Waals surface area contributed by atoms with Crippen molar-refractivity contribution in [1.82, 2.24) is 14.8 Å². The second-order valence-electron chi connectivity index (χ2n) is 7.10. The highest BCUT2D eigenvalue weighted by Crippen LogP contribution is 2.17. The lowest BCUT2D eigenvalue weighted by Crippen LogP contribution is -2.44. The number of nitrogens with one attached hydrogen (secondary N) is 1. The third-order valence-electron chi connectivity index (χ3n) is 4.60. The Balaban J connectivity index is 1.51. The van der Waals surface area contributed by atoms with Crippen molar-refractivity contribution in [2.45, 2.75) is 13.1 Å². The van der Waals surface area contributed by atoms with Gasteiger partial charge in [0.15, 0.2) is 0 Å². The minimum Gasteiger partial charge on any atom is -0.369 e. The highest BCUT2D eigenvalue weighted by molar-refractivity contribution is 5.48. The number of likely N-dealkylation sites (N-methyl/N-ethyl adjacent to an activating group) is 1. The van der Waals surface area contributed by atoms with E-state index in [9.17, 15) is 0 Å². The summed E-state index contributed by atoms with van der Waals surface area (Å²) in [5, 5.41) is 3.40. The Labute approximate surface area is 151 Å². The molecule has 0 radical (unpaired) electrons. The summed E-state index contributed by atoms with van der Waals surface area (Å²) in [5.74, 6) is 0.922. The molecule has 1 aromatic carbocycles. The van der Waals surface area contributed by atoms with Gasteiger partial charge in [-0.05, 0) is 50.5 Å². The maximum absolute atomic E-state index is 4.49. The minimum atomic E-state index is 0.795. The Kier molecular flexibility index (Phi) is 5.89. The SMILES string of the molecule is CN(C)Cc1ccc(NCc2ccc(N3CCN(C)CC3)cc2)nc1. The van der Waals surface area contributed by atoms with Gasteiger partial charge in [-0.25, -0.2) is 4.98 Å². The number of anilines is 2. The highest BCUT2D eigenvalue weighted by atomic mass is 15.2. The molecule has 0 amide bonds. The predicted molar refractivity (Wildman–Crippen MR) is 105 cm³/mol. The molecule has 25 heavy (non-hydrogen) atoms. The zero-order valence-corrected chi connectivity index (χ0v) is 15.6. The molecule has 1 aromatic heterocycles. The Morgan fingerprint density at radius 2 is 1.64 bits per heavy atom. The third kappa shape index (κ3) is 5.18. The molecule has 2 heterocycles. The molecule has 1 aliphatic heterocycles. The van der Waals surface area contributed by atoms with Crippen LogP contribution in [0.15, 0.2) is 42.6 Å². The standard InChI is InChI=1S/C20H29N5/c1-23(2)16-18-6-9-20(22-15-18)21-14-17-4-7-19(8-5-17)25-12-10-24(3)11-13-25/h4-9,15H,10-14,16H2,1-3H3,(H,21,22). The molecule has 134 valence electrons. The fourth-order valence-corrected chi connectivity index (χ4v) is 3.07. The van der Waals surface area contributed by atoms with Crippen molar-refractivity contribution in [2.24, 2.45) is 0 Å². The van der Waals surface area contributed by atoms with Gasteiger partial charge in [-0.1, -0.05) is 18.2 Å². The highest BCUT2D eigenvalue weighted by Gasteiger charge is 2.13. The van der Waals surface area contributed by atoms with Crippen LogP contribution in [0.2, 0.25) is 0 Å². The fraction of sp³-hybridized carbons (Fsp3) is 0.450. The van der Waals surface area contributed by atoms with E-state index in [1.54, 1.807) is 0 Å². The normalized spacial score (nSPS) is 15.6. The van der Waals surface area contributed by atoms with E-state index in [1.807, 2.05) is 6.20 Å². The van der Waals surface area contributed by atoms with E-state index in [2.05, 4.69) is 82.5 Å². The number of nitrogens with zero attached hydrogens (tertiary/aromatic N) is 4. The second-order valence-corrected chi connectivity index (χ2v) is 7.10. The van der Waals surface area contributed by atoms with Gasteiger partial charge in [0.1, 0.15) is 5.82 Å². The van der Waals surface area contributed by atoms with Crippen LogP contribution < -0.4 is 10.2 Å². The van der Waals surface area contributed by atoms with Crippen LogP contribution in [-0.2, 0) is 13.1 Å². The molecule has 1 fully saturated rings. The topological polar surface area (TPSA) is 34.6 Å². The quantitative estimate of drug-likeness (QED) is 0.875. The first-order chi connectivity index (χ1) is 12.1. The summed E-state index contributed by atoms with van der Waals surface area (Å²) in [7, 11) is 6.32. The first-order valence-electron chi connectivity index (χ1n) is 8.96. The number of rotatable bonds is 6. The molecule has 5 nitrogen and oxygen atoms in total. The molecule has 1 N–H and O–H groups in total. The molecule has 0 unspecified atom stereocenters. The zero-order valence-electron chi connectivity index (χ0n) is 15.6. The van der Waals surface area contributed by atoms with Gasteiger partial charge in [-0.3, -0.25) is 0 Å². The van der Waals surface area contributed by atoms with Crippen molar-refractivity contribution in [1.29, 1.82) is 0 Å². The Hall–Kier alpha value is -2.11. The second kappa shape index (κ2) is 8.32. The lowest BCUT2D eigenvalue weighted by molar-refractivity contribution is 0.313. The molecule has 1 aliphatic rings. The monoisotopic (exact) mass is 339 g/mol.